The first kappa shape index (κ1) is 23.0. The molecule has 2 aromatic carbocycles. The molecule has 158 valence electrons. The van der Waals surface area contributed by atoms with Gasteiger partial charge in [-0.15, -0.1) is 0 Å². The molecule has 1 unspecified atom stereocenters. The number of carbonyl (C=O) groups is 1. The molecule has 29 heavy (non-hydrogen) atoms. The summed E-state index contributed by atoms with van der Waals surface area (Å²) in [6.07, 6.45) is 0.497. The van der Waals surface area contributed by atoms with Gasteiger partial charge in [0.15, 0.2) is 6.29 Å². The van der Waals surface area contributed by atoms with Gasteiger partial charge >= 0.3 is 5.97 Å². The van der Waals surface area contributed by atoms with E-state index in [1.54, 1.807) is 13.0 Å². The SMILES string of the molecule is CCOC(COC(=O)c1ccccc1S(=O)(=O)OCCCc1ccccc1)OC. The zero-order valence-corrected chi connectivity index (χ0v) is 17.4. The van der Waals surface area contributed by atoms with E-state index in [0.717, 1.165) is 5.56 Å². The Morgan fingerprint density at radius 1 is 1.03 bits per heavy atom. The second-order valence-electron chi connectivity index (χ2n) is 6.08. The minimum absolute atomic E-state index is 0.0106. The highest BCUT2D eigenvalue weighted by molar-refractivity contribution is 7.86. The number of benzene rings is 2. The van der Waals surface area contributed by atoms with Crippen molar-refractivity contribution in [3.63, 3.8) is 0 Å². The molecule has 0 fully saturated rings. The first-order valence-electron chi connectivity index (χ1n) is 9.31. The molecule has 8 heteroatoms. The summed E-state index contributed by atoms with van der Waals surface area (Å²) in [6.45, 7) is 2.02. The van der Waals surface area contributed by atoms with Crippen LogP contribution in [-0.2, 0) is 34.9 Å². The summed E-state index contributed by atoms with van der Waals surface area (Å²) in [4.78, 5) is 12.2. The maximum atomic E-state index is 12.6. The molecule has 0 aliphatic heterocycles. The average molecular weight is 422 g/mol. The van der Waals surface area contributed by atoms with Gasteiger partial charge in [0.05, 0.1) is 12.2 Å². The van der Waals surface area contributed by atoms with Crippen LogP contribution < -0.4 is 0 Å². The first-order valence-corrected chi connectivity index (χ1v) is 10.7. The Hall–Kier alpha value is -2.26. The molecule has 0 aliphatic rings. The van der Waals surface area contributed by atoms with Gasteiger partial charge in [-0.25, -0.2) is 4.79 Å². The summed E-state index contributed by atoms with van der Waals surface area (Å²) >= 11 is 0. The standard InChI is InChI=1S/C21H26O7S/c1-3-26-20(25-2)16-27-21(22)18-13-7-8-14-19(18)29(23,24)28-15-9-12-17-10-5-4-6-11-17/h4-8,10-11,13-14,20H,3,9,12,15-16H2,1-2H3. The summed E-state index contributed by atoms with van der Waals surface area (Å²) in [5, 5.41) is 0. The maximum Gasteiger partial charge on any atom is 0.339 e. The molecule has 0 aliphatic carbocycles. The molecular weight excluding hydrogens is 396 g/mol. The second kappa shape index (κ2) is 11.7. The van der Waals surface area contributed by atoms with Crippen LogP contribution in [0.4, 0.5) is 0 Å². The van der Waals surface area contributed by atoms with Crippen molar-refractivity contribution in [1.82, 2.24) is 0 Å². The normalized spacial score (nSPS) is 12.5. The van der Waals surface area contributed by atoms with E-state index in [4.69, 9.17) is 18.4 Å². The summed E-state index contributed by atoms with van der Waals surface area (Å²) in [6, 6.07) is 15.5. The Bertz CT molecular complexity index is 866. The van der Waals surface area contributed by atoms with Gasteiger partial charge in [-0.1, -0.05) is 42.5 Å². The van der Waals surface area contributed by atoms with Crippen LogP contribution in [0, 0.1) is 0 Å². The number of rotatable bonds is 12. The van der Waals surface area contributed by atoms with E-state index >= 15 is 0 Å². The fraction of sp³-hybridized carbons (Fsp3) is 0.381. The predicted molar refractivity (Wildman–Crippen MR) is 107 cm³/mol. The van der Waals surface area contributed by atoms with Gasteiger partial charge in [-0.05, 0) is 37.5 Å². The maximum absolute atomic E-state index is 12.6. The molecule has 0 heterocycles. The van der Waals surface area contributed by atoms with Gasteiger partial charge < -0.3 is 14.2 Å². The van der Waals surface area contributed by atoms with Gasteiger partial charge in [-0.2, -0.15) is 8.42 Å². The van der Waals surface area contributed by atoms with E-state index in [1.807, 2.05) is 30.3 Å². The zero-order chi connectivity index (χ0) is 21.1. The fourth-order valence-corrected chi connectivity index (χ4v) is 3.73. The lowest BCUT2D eigenvalue weighted by atomic mass is 10.1. The molecule has 0 saturated heterocycles. The van der Waals surface area contributed by atoms with Crippen molar-refractivity contribution < 1.29 is 31.6 Å². The summed E-state index contributed by atoms with van der Waals surface area (Å²) in [7, 11) is -2.68. The largest absolute Gasteiger partial charge is 0.457 e. The molecular formula is C21H26O7S. The van der Waals surface area contributed by atoms with Gasteiger partial charge in [-0.3, -0.25) is 4.18 Å². The van der Waals surface area contributed by atoms with Crippen LogP contribution in [0.25, 0.3) is 0 Å². The van der Waals surface area contributed by atoms with Gasteiger partial charge in [0.2, 0.25) is 0 Å². The van der Waals surface area contributed by atoms with Crippen LogP contribution in [0.1, 0.15) is 29.3 Å². The third-order valence-electron chi connectivity index (χ3n) is 4.03. The van der Waals surface area contributed by atoms with E-state index in [2.05, 4.69) is 0 Å². The number of carbonyl (C=O) groups excluding carboxylic acids is 1. The van der Waals surface area contributed by atoms with Gasteiger partial charge in [0.25, 0.3) is 10.1 Å². The quantitative estimate of drug-likeness (QED) is 0.225. The summed E-state index contributed by atoms with van der Waals surface area (Å²) in [5.41, 5.74) is 1.00. The van der Waals surface area contributed by atoms with Crippen LogP contribution in [-0.4, -0.2) is 47.6 Å². The minimum Gasteiger partial charge on any atom is -0.457 e. The van der Waals surface area contributed by atoms with E-state index in [9.17, 15) is 13.2 Å². The van der Waals surface area contributed by atoms with Gasteiger partial charge in [0, 0.05) is 13.7 Å². The van der Waals surface area contributed by atoms with Crippen LogP contribution in [0.3, 0.4) is 0 Å². The molecule has 0 radical (unpaired) electrons. The molecule has 2 aromatic rings. The summed E-state index contributed by atoms with van der Waals surface area (Å²) < 4.78 is 45.7. The molecule has 0 saturated carbocycles. The Morgan fingerprint density at radius 3 is 2.41 bits per heavy atom. The van der Waals surface area contributed by atoms with Crippen molar-refractivity contribution in [3.8, 4) is 0 Å². The van der Waals surface area contributed by atoms with Crippen LogP contribution in [0.15, 0.2) is 59.5 Å². The highest BCUT2D eigenvalue weighted by Crippen LogP contribution is 2.19. The van der Waals surface area contributed by atoms with Crippen molar-refractivity contribution in [1.29, 1.82) is 0 Å². The molecule has 0 amide bonds. The van der Waals surface area contributed by atoms with E-state index in [1.165, 1.54) is 25.3 Å². The van der Waals surface area contributed by atoms with Crippen molar-refractivity contribution in [2.75, 3.05) is 26.9 Å². The Morgan fingerprint density at radius 2 is 1.72 bits per heavy atom. The minimum atomic E-state index is -4.11. The lowest BCUT2D eigenvalue weighted by molar-refractivity contribution is -0.144. The number of ether oxygens (including phenoxy) is 3. The van der Waals surface area contributed by atoms with E-state index < -0.39 is 22.4 Å². The summed E-state index contributed by atoms with van der Waals surface area (Å²) in [5.74, 6) is -0.793. The number of methoxy groups -OCH3 is 1. The molecule has 7 nitrogen and oxygen atoms in total. The molecule has 1 atom stereocenters. The molecule has 0 N–H and O–H groups in total. The fourth-order valence-electron chi connectivity index (χ4n) is 2.60. The molecule has 0 aromatic heterocycles. The molecule has 0 spiro atoms. The van der Waals surface area contributed by atoms with Crippen LogP contribution >= 0.6 is 0 Å². The van der Waals surface area contributed by atoms with E-state index in [-0.39, 0.29) is 23.7 Å². The average Bonchev–Trinajstić information content (AvgIpc) is 2.74. The highest BCUT2D eigenvalue weighted by atomic mass is 32.2. The van der Waals surface area contributed by atoms with Crippen molar-refractivity contribution >= 4 is 16.1 Å². The number of hydrogen-bond donors (Lipinski definition) is 0. The second-order valence-corrected chi connectivity index (χ2v) is 7.66. The number of aryl methyl sites for hydroxylation is 1. The van der Waals surface area contributed by atoms with Crippen molar-refractivity contribution in [2.24, 2.45) is 0 Å². The monoisotopic (exact) mass is 422 g/mol. The predicted octanol–water partition coefficient (Wildman–Crippen LogP) is 3.19. The first-order chi connectivity index (χ1) is 14.0. The third-order valence-corrected chi connectivity index (χ3v) is 5.41. The molecule has 0 bridgehead atoms. The van der Waals surface area contributed by atoms with Crippen molar-refractivity contribution in [2.45, 2.75) is 31.0 Å². The zero-order valence-electron chi connectivity index (χ0n) is 16.6. The lowest BCUT2D eigenvalue weighted by Crippen LogP contribution is -2.24. The Labute approximate surface area is 171 Å². The Balaban J connectivity index is 1.98. The molecule has 2 rings (SSSR count). The lowest BCUT2D eigenvalue weighted by Gasteiger charge is -2.16. The smallest absolute Gasteiger partial charge is 0.339 e. The van der Waals surface area contributed by atoms with E-state index in [0.29, 0.717) is 19.4 Å². The topological polar surface area (TPSA) is 88.1 Å². The number of hydrogen-bond acceptors (Lipinski definition) is 7. The highest BCUT2D eigenvalue weighted by Gasteiger charge is 2.24. The van der Waals surface area contributed by atoms with Crippen LogP contribution in [0.5, 0.6) is 0 Å². The third kappa shape index (κ3) is 7.25. The van der Waals surface area contributed by atoms with Crippen molar-refractivity contribution in [3.05, 3.63) is 65.7 Å². The Kier molecular flexibility index (Phi) is 9.27. The van der Waals surface area contributed by atoms with Gasteiger partial charge in [0.1, 0.15) is 11.5 Å². The van der Waals surface area contributed by atoms with Crippen LogP contribution in [0.2, 0.25) is 0 Å². The number of esters is 1.